The van der Waals surface area contributed by atoms with Gasteiger partial charge in [0.2, 0.25) is 15.9 Å². The fourth-order valence-electron chi connectivity index (χ4n) is 6.07. The number of nitrogens with zero attached hydrogens (tertiary/aromatic N) is 2. The van der Waals surface area contributed by atoms with E-state index in [1.807, 2.05) is 0 Å². The molecule has 1 aromatic rings. The number of halogens is 1. The highest BCUT2D eigenvalue weighted by Crippen LogP contribution is 2.52. The summed E-state index contributed by atoms with van der Waals surface area (Å²) in [5, 5.41) is 0.507. The maximum atomic E-state index is 13.4. The average Bonchev–Trinajstić information content (AvgIpc) is 2.90. The van der Waals surface area contributed by atoms with Crippen LogP contribution in [0, 0.1) is 16.7 Å². The van der Waals surface area contributed by atoms with Gasteiger partial charge in [-0.25, -0.2) is 8.42 Å². The summed E-state index contributed by atoms with van der Waals surface area (Å²) in [6, 6.07) is 6.55. The zero-order valence-corrected chi connectivity index (χ0v) is 19.1. The molecule has 2 bridgehead atoms. The van der Waals surface area contributed by atoms with Crippen molar-refractivity contribution in [2.24, 2.45) is 16.7 Å². The second-order valence-electron chi connectivity index (χ2n) is 10.3. The maximum Gasteiger partial charge on any atom is 0.243 e. The number of hydrogen-bond acceptors (Lipinski definition) is 3. The third-order valence-electron chi connectivity index (χ3n) is 6.88. The van der Waals surface area contributed by atoms with Gasteiger partial charge in [0.1, 0.15) is 0 Å². The van der Waals surface area contributed by atoms with Crippen molar-refractivity contribution in [3.8, 4) is 0 Å². The number of carbonyl (C=O) groups is 1. The first-order chi connectivity index (χ1) is 13.5. The van der Waals surface area contributed by atoms with E-state index in [9.17, 15) is 13.2 Å². The molecule has 0 radical (unpaired) electrons. The van der Waals surface area contributed by atoms with Gasteiger partial charge >= 0.3 is 0 Å². The summed E-state index contributed by atoms with van der Waals surface area (Å²) in [7, 11) is -3.61. The van der Waals surface area contributed by atoms with Gasteiger partial charge < -0.3 is 4.90 Å². The normalized spacial score (nSPS) is 32.3. The van der Waals surface area contributed by atoms with E-state index in [2.05, 4.69) is 25.7 Å². The van der Waals surface area contributed by atoms with Gasteiger partial charge in [0.05, 0.1) is 10.8 Å². The molecule has 1 aromatic carbocycles. The highest BCUT2D eigenvalue weighted by Gasteiger charge is 2.52. The molecule has 0 N–H and O–H groups in total. The molecule has 0 aromatic heterocycles. The number of likely N-dealkylation sites (tertiary alicyclic amines) is 1. The molecule has 0 spiro atoms. The van der Waals surface area contributed by atoms with Crippen molar-refractivity contribution in [3.05, 3.63) is 29.3 Å². The van der Waals surface area contributed by atoms with Gasteiger partial charge in [0.25, 0.3) is 0 Å². The van der Waals surface area contributed by atoms with E-state index < -0.39 is 10.0 Å². The first kappa shape index (κ1) is 21.1. The van der Waals surface area contributed by atoms with Gasteiger partial charge in [-0.15, -0.1) is 0 Å². The Morgan fingerprint density at radius 3 is 2.52 bits per heavy atom. The Bertz CT molecular complexity index is 899. The Kier molecular flexibility index (Phi) is 5.28. The van der Waals surface area contributed by atoms with E-state index in [1.165, 1.54) is 16.4 Å². The molecule has 1 amide bonds. The molecular formula is C22H31ClN2O3S. The van der Waals surface area contributed by atoms with Crippen LogP contribution in [0.1, 0.15) is 52.9 Å². The fraction of sp³-hybridized carbons (Fsp3) is 0.682. The number of amides is 1. The van der Waals surface area contributed by atoms with Crippen LogP contribution in [0.2, 0.25) is 5.02 Å². The van der Waals surface area contributed by atoms with Crippen molar-refractivity contribution in [1.82, 2.24) is 9.21 Å². The number of rotatable bonds is 3. The van der Waals surface area contributed by atoms with Crippen LogP contribution in [0.3, 0.4) is 0 Å². The van der Waals surface area contributed by atoms with Crippen molar-refractivity contribution in [2.75, 3.05) is 19.6 Å². The monoisotopic (exact) mass is 438 g/mol. The van der Waals surface area contributed by atoms with Crippen molar-refractivity contribution in [2.45, 2.75) is 63.8 Å². The molecule has 160 valence electrons. The van der Waals surface area contributed by atoms with Crippen LogP contribution in [-0.4, -0.2) is 49.2 Å². The number of fused-ring (bicyclic) bond motifs is 2. The summed E-state index contributed by atoms with van der Waals surface area (Å²) >= 11 is 5.90. The van der Waals surface area contributed by atoms with Crippen LogP contribution in [0.25, 0.3) is 0 Å². The van der Waals surface area contributed by atoms with Crippen LogP contribution >= 0.6 is 11.6 Å². The lowest BCUT2D eigenvalue weighted by Gasteiger charge is -2.40. The largest absolute Gasteiger partial charge is 0.339 e. The summed E-state index contributed by atoms with van der Waals surface area (Å²) in [4.78, 5) is 15.8. The minimum Gasteiger partial charge on any atom is -0.339 e. The lowest BCUT2D eigenvalue weighted by molar-refractivity contribution is -0.137. The van der Waals surface area contributed by atoms with Gasteiger partial charge in [-0.3, -0.25) is 4.79 Å². The zero-order chi connectivity index (χ0) is 21.0. The molecule has 1 aliphatic carbocycles. The molecule has 2 heterocycles. The molecule has 7 heteroatoms. The number of sulfonamides is 1. The van der Waals surface area contributed by atoms with Gasteiger partial charge in [0.15, 0.2) is 0 Å². The van der Waals surface area contributed by atoms with Crippen molar-refractivity contribution < 1.29 is 13.2 Å². The van der Waals surface area contributed by atoms with Gasteiger partial charge in [0, 0.05) is 30.7 Å². The van der Waals surface area contributed by atoms with Crippen LogP contribution in [0.4, 0.5) is 0 Å². The van der Waals surface area contributed by atoms with E-state index >= 15 is 0 Å². The summed E-state index contributed by atoms with van der Waals surface area (Å²) < 4.78 is 27.6. The Hall–Kier alpha value is -1.11. The van der Waals surface area contributed by atoms with Crippen molar-refractivity contribution in [3.63, 3.8) is 0 Å². The smallest absolute Gasteiger partial charge is 0.243 e. The quantitative estimate of drug-likeness (QED) is 0.711. The summed E-state index contributed by atoms with van der Waals surface area (Å²) in [5.74, 6) is -0.107. The van der Waals surface area contributed by atoms with Gasteiger partial charge in [-0.05, 0) is 67.2 Å². The lowest BCUT2D eigenvalue weighted by Crippen LogP contribution is -2.48. The van der Waals surface area contributed by atoms with Crippen LogP contribution < -0.4 is 0 Å². The zero-order valence-electron chi connectivity index (χ0n) is 17.5. The Labute approximate surface area is 179 Å². The van der Waals surface area contributed by atoms with E-state index in [0.29, 0.717) is 24.0 Å². The van der Waals surface area contributed by atoms with E-state index in [4.69, 9.17) is 11.6 Å². The topological polar surface area (TPSA) is 57.7 Å². The molecule has 3 aliphatic rings. The predicted molar refractivity (Wildman–Crippen MR) is 114 cm³/mol. The molecule has 4 rings (SSSR count). The van der Waals surface area contributed by atoms with Gasteiger partial charge in [-0.1, -0.05) is 32.4 Å². The third-order valence-corrected chi connectivity index (χ3v) is 9.01. The molecule has 1 saturated carbocycles. The molecule has 3 atom stereocenters. The van der Waals surface area contributed by atoms with Gasteiger partial charge in [-0.2, -0.15) is 4.31 Å². The second kappa shape index (κ2) is 7.24. The minimum absolute atomic E-state index is 0.146. The number of carbonyl (C=O) groups excluding carboxylic acids is 1. The summed E-state index contributed by atoms with van der Waals surface area (Å²) in [6.07, 6.45) is 4.72. The number of benzene rings is 1. The Morgan fingerprint density at radius 1 is 1.14 bits per heavy atom. The Balaban J connectivity index is 1.50. The molecule has 3 fully saturated rings. The van der Waals surface area contributed by atoms with Crippen molar-refractivity contribution >= 4 is 27.5 Å². The standard InChI is InChI=1S/C22H31ClN2O3S/c1-21(2)11-18-12-22(3,14-21)15-25(18)20(26)16-5-4-10-24(13-16)29(27,28)19-8-6-17(23)7-9-19/h6-9,16,18H,4-5,10-15H2,1-3H3/t16-,18+,22-/m0/s1. The molecule has 2 aliphatic heterocycles. The second-order valence-corrected chi connectivity index (χ2v) is 12.7. The lowest BCUT2D eigenvalue weighted by atomic mass is 9.65. The van der Waals surface area contributed by atoms with E-state index in [0.717, 1.165) is 32.2 Å². The van der Waals surface area contributed by atoms with E-state index in [1.54, 1.807) is 12.1 Å². The van der Waals surface area contributed by atoms with Crippen LogP contribution in [0.15, 0.2) is 29.2 Å². The molecule has 0 unspecified atom stereocenters. The first-order valence-corrected chi connectivity index (χ1v) is 12.4. The summed E-state index contributed by atoms with van der Waals surface area (Å²) in [6.45, 7) is 8.43. The molecule has 29 heavy (non-hydrogen) atoms. The maximum absolute atomic E-state index is 13.4. The SMILES string of the molecule is CC1(C)C[C@@H]2C[C@](C)(CN2C(=O)[C@H]2CCCN(S(=O)(=O)c3ccc(Cl)cc3)C2)C1. The minimum atomic E-state index is -3.61. The number of piperidine rings is 1. The van der Waals surface area contributed by atoms with E-state index in [-0.39, 0.29) is 34.1 Å². The molecule has 2 saturated heterocycles. The highest BCUT2D eigenvalue weighted by atomic mass is 35.5. The first-order valence-electron chi connectivity index (χ1n) is 10.6. The average molecular weight is 439 g/mol. The summed E-state index contributed by atoms with van der Waals surface area (Å²) in [5.41, 5.74) is 0.440. The predicted octanol–water partition coefficient (Wildman–Crippen LogP) is 4.17. The van der Waals surface area contributed by atoms with Crippen LogP contribution in [-0.2, 0) is 14.8 Å². The molecule has 5 nitrogen and oxygen atoms in total. The van der Waals surface area contributed by atoms with Crippen molar-refractivity contribution in [1.29, 1.82) is 0 Å². The number of hydrogen-bond donors (Lipinski definition) is 0. The Morgan fingerprint density at radius 2 is 1.83 bits per heavy atom. The molecular weight excluding hydrogens is 408 g/mol. The fourth-order valence-corrected chi connectivity index (χ4v) is 7.72. The highest BCUT2D eigenvalue weighted by molar-refractivity contribution is 7.89. The van der Waals surface area contributed by atoms with Crippen LogP contribution in [0.5, 0.6) is 0 Å². The third kappa shape index (κ3) is 4.08.